The molecule has 0 heterocycles. The summed E-state index contributed by atoms with van der Waals surface area (Å²) in [7, 11) is 3.71. The van der Waals surface area contributed by atoms with E-state index in [1.54, 1.807) is 7.11 Å². The van der Waals surface area contributed by atoms with Crippen LogP contribution in [-0.2, 0) is 4.74 Å². The van der Waals surface area contributed by atoms with E-state index in [9.17, 15) is 0 Å². The van der Waals surface area contributed by atoms with E-state index in [1.165, 1.54) is 37.7 Å². The van der Waals surface area contributed by atoms with Crippen LogP contribution in [-0.4, -0.2) is 27.4 Å². The molecular formula is C17H28BrNO2. The Morgan fingerprint density at radius 3 is 2.62 bits per heavy atom. The highest BCUT2D eigenvalue weighted by molar-refractivity contribution is 9.10. The Kier molecular flexibility index (Phi) is 9.72. The molecule has 1 aromatic carbocycles. The van der Waals surface area contributed by atoms with Crippen LogP contribution < -0.4 is 10.1 Å². The lowest BCUT2D eigenvalue weighted by Gasteiger charge is -2.18. The Hall–Kier alpha value is -0.580. The number of benzene rings is 1. The van der Waals surface area contributed by atoms with Crippen molar-refractivity contribution in [3.8, 4) is 5.75 Å². The molecule has 0 radical (unpaired) electrons. The van der Waals surface area contributed by atoms with Gasteiger partial charge in [-0.1, -0.05) is 38.7 Å². The number of nitrogens with one attached hydrogen (secondary N) is 1. The first-order valence-electron chi connectivity index (χ1n) is 7.81. The Bertz CT molecular complexity index is 398. The summed E-state index contributed by atoms with van der Waals surface area (Å²) in [5.41, 5.74) is 1.31. The van der Waals surface area contributed by atoms with Crippen molar-refractivity contribution in [1.82, 2.24) is 5.32 Å². The maximum Gasteiger partial charge on any atom is 0.133 e. The van der Waals surface area contributed by atoms with E-state index in [-0.39, 0.29) is 0 Å². The highest BCUT2D eigenvalue weighted by atomic mass is 79.9. The van der Waals surface area contributed by atoms with Crippen molar-refractivity contribution in [3.63, 3.8) is 0 Å². The Balaban J connectivity index is 2.58. The Morgan fingerprint density at radius 1 is 1.19 bits per heavy atom. The van der Waals surface area contributed by atoms with E-state index in [2.05, 4.69) is 40.3 Å². The predicted octanol–water partition coefficient (Wildman–Crippen LogP) is 4.71. The summed E-state index contributed by atoms with van der Waals surface area (Å²) in [6.07, 6.45) is 6.36. The van der Waals surface area contributed by atoms with Gasteiger partial charge in [-0.15, -0.1) is 0 Å². The minimum absolute atomic E-state index is 0.409. The zero-order chi connectivity index (χ0) is 15.5. The van der Waals surface area contributed by atoms with Crippen molar-refractivity contribution in [2.45, 2.75) is 45.1 Å². The van der Waals surface area contributed by atoms with Crippen LogP contribution in [0.5, 0.6) is 5.75 Å². The normalized spacial score (nSPS) is 12.4. The van der Waals surface area contributed by atoms with Crippen molar-refractivity contribution >= 4 is 15.9 Å². The fourth-order valence-electron chi connectivity index (χ4n) is 2.34. The molecular weight excluding hydrogens is 330 g/mol. The molecule has 0 fully saturated rings. The molecule has 0 aliphatic carbocycles. The maximum absolute atomic E-state index is 5.67. The summed E-state index contributed by atoms with van der Waals surface area (Å²) in [5, 5.41) is 3.41. The Labute approximate surface area is 137 Å². The van der Waals surface area contributed by atoms with Crippen LogP contribution in [0, 0.1) is 0 Å². The molecule has 1 aromatic rings. The summed E-state index contributed by atoms with van der Waals surface area (Å²) in [6.45, 7) is 3.42. The summed E-state index contributed by atoms with van der Waals surface area (Å²) in [6, 6.07) is 6.74. The third-order valence-corrected chi connectivity index (χ3v) is 4.22. The molecule has 0 aliphatic heterocycles. The van der Waals surface area contributed by atoms with Crippen LogP contribution in [0.1, 0.15) is 50.6 Å². The monoisotopic (exact) mass is 357 g/mol. The lowest BCUT2D eigenvalue weighted by Crippen LogP contribution is -2.16. The molecule has 21 heavy (non-hydrogen) atoms. The number of halogens is 1. The topological polar surface area (TPSA) is 30.5 Å². The molecule has 0 spiro atoms. The number of ether oxygens (including phenoxy) is 2. The van der Waals surface area contributed by atoms with Crippen molar-refractivity contribution < 1.29 is 9.47 Å². The number of hydrogen-bond acceptors (Lipinski definition) is 3. The zero-order valence-corrected chi connectivity index (χ0v) is 15.0. The highest BCUT2D eigenvalue weighted by Gasteiger charge is 2.11. The molecule has 1 atom stereocenters. The second kappa shape index (κ2) is 11.0. The fraction of sp³-hybridized carbons (Fsp3) is 0.647. The molecule has 3 nitrogen and oxygen atoms in total. The average Bonchev–Trinajstić information content (AvgIpc) is 2.49. The standard InChI is InChI=1S/C17H28BrNO2/c1-4-5-6-7-8-16(19-2)14-9-10-17(15(18)13-14)21-12-11-20-3/h9-10,13,16,19H,4-8,11-12H2,1-3H3. The second-order valence-electron chi connectivity index (χ2n) is 5.22. The van der Waals surface area contributed by atoms with Gasteiger partial charge in [0.15, 0.2) is 0 Å². The van der Waals surface area contributed by atoms with Gasteiger partial charge in [0.1, 0.15) is 12.4 Å². The summed E-state index contributed by atoms with van der Waals surface area (Å²) < 4.78 is 11.7. The number of unbranched alkanes of at least 4 members (excludes halogenated alkanes) is 3. The smallest absolute Gasteiger partial charge is 0.133 e. The van der Waals surface area contributed by atoms with Gasteiger partial charge >= 0.3 is 0 Å². The molecule has 0 saturated heterocycles. The van der Waals surface area contributed by atoms with E-state index in [0.717, 1.165) is 10.2 Å². The van der Waals surface area contributed by atoms with E-state index in [0.29, 0.717) is 19.3 Å². The molecule has 1 N–H and O–H groups in total. The number of methoxy groups -OCH3 is 1. The first-order chi connectivity index (χ1) is 10.2. The first kappa shape index (κ1) is 18.5. The third kappa shape index (κ3) is 6.81. The van der Waals surface area contributed by atoms with Crippen LogP contribution in [0.4, 0.5) is 0 Å². The average molecular weight is 358 g/mol. The molecule has 0 saturated carbocycles. The van der Waals surface area contributed by atoms with E-state index in [1.807, 2.05) is 13.1 Å². The number of hydrogen-bond donors (Lipinski definition) is 1. The van der Waals surface area contributed by atoms with Gasteiger partial charge in [0.2, 0.25) is 0 Å². The summed E-state index contributed by atoms with van der Waals surface area (Å²) in [4.78, 5) is 0. The highest BCUT2D eigenvalue weighted by Crippen LogP contribution is 2.30. The van der Waals surface area contributed by atoms with Crippen molar-refractivity contribution in [2.24, 2.45) is 0 Å². The zero-order valence-electron chi connectivity index (χ0n) is 13.5. The van der Waals surface area contributed by atoms with Crippen LogP contribution >= 0.6 is 15.9 Å². The van der Waals surface area contributed by atoms with Gasteiger partial charge in [0.05, 0.1) is 11.1 Å². The molecule has 120 valence electrons. The van der Waals surface area contributed by atoms with Crippen LogP contribution in [0.15, 0.2) is 22.7 Å². The van der Waals surface area contributed by atoms with Crippen LogP contribution in [0.3, 0.4) is 0 Å². The predicted molar refractivity (Wildman–Crippen MR) is 92.1 cm³/mol. The van der Waals surface area contributed by atoms with Gasteiger partial charge in [-0.2, -0.15) is 0 Å². The Morgan fingerprint density at radius 2 is 2.00 bits per heavy atom. The van der Waals surface area contributed by atoms with E-state index in [4.69, 9.17) is 9.47 Å². The molecule has 4 heteroatoms. The largest absolute Gasteiger partial charge is 0.490 e. The minimum atomic E-state index is 0.409. The summed E-state index contributed by atoms with van der Waals surface area (Å²) >= 11 is 3.60. The van der Waals surface area contributed by atoms with Gasteiger partial charge in [-0.3, -0.25) is 0 Å². The lowest BCUT2D eigenvalue weighted by atomic mass is 10.00. The fourth-order valence-corrected chi connectivity index (χ4v) is 2.85. The van der Waals surface area contributed by atoms with Gasteiger partial charge < -0.3 is 14.8 Å². The lowest BCUT2D eigenvalue weighted by molar-refractivity contribution is 0.146. The van der Waals surface area contributed by atoms with Gasteiger partial charge in [-0.05, 0) is 47.1 Å². The molecule has 1 unspecified atom stereocenters. The van der Waals surface area contributed by atoms with Gasteiger partial charge in [0.25, 0.3) is 0 Å². The molecule has 0 aromatic heterocycles. The van der Waals surface area contributed by atoms with E-state index >= 15 is 0 Å². The third-order valence-electron chi connectivity index (χ3n) is 3.60. The SMILES string of the molecule is CCCCCCC(NC)c1ccc(OCCOC)c(Br)c1. The van der Waals surface area contributed by atoms with Gasteiger partial charge in [0, 0.05) is 13.2 Å². The van der Waals surface area contributed by atoms with Crippen LogP contribution in [0.2, 0.25) is 0 Å². The van der Waals surface area contributed by atoms with Crippen molar-refractivity contribution in [2.75, 3.05) is 27.4 Å². The maximum atomic E-state index is 5.67. The molecule has 0 aliphatic rings. The van der Waals surface area contributed by atoms with Gasteiger partial charge in [-0.25, -0.2) is 0 Å². The van der Waals surface area contributed by atoms with E-state index < -0.39 is 0 Å². The molecule has 0 amide bonds. The van der Waals surface area contributed by atoms with Crippen molar-refractivity contribution in [1.29, 1.82) is 0 Å². The minimum Gasteiger partial charge on any atom is -0.490 e. The second-order valence-corrected chi connectivity index (χ2v) is 6.08. The molecule has 1 rings (SSSR count). The quantitative estimate of drug-likeness (QED) is 0.582. The molecule has 0 bridgehead atoms. The first-order valence-corrected chi connectivity index (χ1v) is 8.60. The van der Waals surface area contributed by atoms with Crippen molar-refractivity contribution in [3.05, 3.63) is 28.2 Å². The van der Waals surface area contributed by atoms with Crippen LogP contribution in [0.25, 0.3) is 0 Å². The number of rotatable bonds is 11. The summed E-state index contributed by atoms with van der Waals surface area (Å²) in [5.74, 6) is 0.872.